The number of hydrogen-bond donors (Lipinski definition) is 1. The summed E-state index contributed by atoms with van der Waals surface area (Å²) in [6, 6.07) is 11.2. The molecule has 0 aromatic heterocycles. The predicted octanol–water partition coefficient (Wildman–Crippen LogP) is 3.40. The van der Waals surface area contributed by atoms with E-state index in [-0.39, 0.29) is 0 Å². The Morgan fingerprint density at radius 1 is 0.952 bits per heavy atom. The van der Waals surface area contributed by atoms with Crippen molar-refractivity contribution in [1.82, 2.24) is 0 Å². The maximum absolute atomic E-state index is 10.6. The first-order valence-corrected chi connectivity index (χ1v) is 7.42. The standard InChI is InChI=1S/C16H17IO4/c1-19-13-8-7-12(15(20-2)16(13)21-3)14(18)10-5-4-6-11(17)9-10/h4-9,14,18H,1-3H3. The molecule has 21 heavy (non-hydrogen) atoms. The van der Waals surface area contributed by atoms with Crippen LogP contribution in [0.25, 0.3) is 0 Å². The molecule has 2 aromatic rings. The molecular weight excluding hydrogens is 383 g/mol. The van der Waals surface area contributed by atoms with Crippen molar-refractivity contribution in [3.05, 3.63) is 51.1 Å². The molecule has 0 heterocycles. The van der Waals surface area contributed by atoms with Crippen molar-refractivity contribution >= 4 is 22.6 Å². The lowest BCUT2D eigenvalue weighted by Crippen LogP contribution is -2.05. The van der Waals surface area contributed by atoms with E-state index in [1.807, 2.05) is 24.3 Å². The van der Waals surface area contributed by atoms with E-state index in [9.17, 15) is 5.11 Å². The average Bonchev–Trinajstić information content (AvgIpc) is 2.52. The van der Waals surface area contributed by atoms with Gasteiger partial charge in [0.05, 0.1) is 21.3 Å². The van der Waals surface area contributed by atoms with E-state index in [1.54, 1.807) is 33.5 Å². The molecule has 1 N–H and O–H groups in total. The lowest BCUT2D eigenvalue weighted by atomic mass is 10.00. The Balaban J connectivity index is 2.53. The third-order valence-electron chi connectivity index (χ3n) is 3.19. The maximum atomic E-state index is 10.6. The summed E-state index contributed by atoms with van der Waals surface area (Å²) in [5.74, 6) is 1.51. The Kier molecular flexibility index (Phi) is 5.30. The summed E-state index contributed by atoms with van der Waals surface area (Å²) in [6.45, 7) is 0. The van der Waals surface area contributed by atoms with E-state index < -0.39 is 6.10 Å². The maximum Gasteiger partial charge on any atom is 0.203 e. The van der Waals surface area contributed by atoms with E-state index >= 15 is 0 Å². The van der Waals surface area contributed by atoms with Crippen LogP contribution in [0.2, 0.25) is 0 Å². The predicted molar refractivity (Wildman–Crippen MR) is 89.3 cm³/mol. The molecule has 0 amide bonds. The fourth-order valence-electron chi connectivity index (χ4n) is 2.20. The Bertz CT molecular complexity index is 628. The minimum Gasteiger partial charge on any atom is -0.493 e. The number of halogens is 1. The normalized spacial score (nSPS) is 11.9. The van der Waals surface area contributed by atoms with Crippen LogP contribution >= 0.6 is 22.6 Å². The minimum absolute atomic E-state index is 0.474. The second-order valence-electron chi connectivity index (χ2n) is 4.38. The lowest BCUT2D eigenvalue weighted by Gasteiger charge is -2.19. The van der Waals surface area contributed by atoms with Crippen LogP contribution in [0.15, 0.2) is 36.4 Å². The molecule has 0 saturated carbocycles. The first kappa shape index (κ1) is 15.9. The first-order valence-electron chi connectivity index (χ1n) is 6.34. The summed E-state index contributed by atoms with van der Waals surface area (Å²) in [6.07, 6.45) is -0.797. The molecule has 0 aliphatic heterocycles. The number of aliphatic hydroxyl groups excluding tert-OH is 1. The fourth-order valence-corrected chi connectivity index (χ4v) is 2.76. The molecule has 4 nitrogen and oxygen atoms in total. The van der Waals surface area contributed by atoms with Gasteiger partial charge in [-0.15, -0.1) is 0 Å². The van der Waals surface area contributed by atoms with Crippen molar-refractivity contribution < 1.29 is 19.3 Å². The summed E-state index contributed by atoms with van der Waals surface area (Å²) in [5, 5.41) is 10.6. The van der Waals surface area contributed by atoms with Crippen molar-refractivity contribution in [2.45, 2.75) is 6.10 Å². The number of ether oxygens (including phenoxy) is 3. The molecule has 1 unspecified atom stereocenters. The number of methoxy groups -OCH3 is 3. The largest absolute Gasteiger partial charge is 0.493 e. The van der Waals surface area contributed by atoms with Crippen molar-refractivity contribution in [2.75, 3.05) is 21.3 Å². The Labute approximate surface area is 137 Å². The Hall–Kier alpha value is -1.47. The Morgan fingerprint density at radius 2 is 1.67 bits per heavy atom. The summed E-state index contributed by atoms with van der Waals surface area (Å²) in [5.41, 5.74) is 1.43. The highest BCUT2D eigenvalue weighted by atomic mass is 127. The molecule has 0 bridgehead atoms. The summed E-state index contributed by atoms with van der Waals surface area (Å²) in [4.78, 5) is 0. The van der Waals surface area contributed by atoms with Crippen LogP contribution in [-0.2, 0) is 0 Å². The van der Waals surface area contributed by atoms with Gasteiger partial charge in [-0.05, 0) is 52.4 Å². The van der Waals surface area contributed by atoms with Crippen LogP contribution in [-0.4, -0.2) is 26.4 Å². The van der Waals surface area contributed by atoms with Crippen LogP contribution in [0.5, 0.6) is 17.2 Å². The zero-order valence-corrected chi connectivity index (χ0v) is 14.2. The van der Waals surface area contributed by atoms with Gasteiger partial charge in [0.1, 0.15) is 6.10 Å². The van der Waals surface area contributed by atoms with Crippen LogP contribution in [0, 0.1) is 3.57 Å². The first-order chi connectivity index (χ1) is 10.1. The van der Waals surface area contributed by atoms with Crippen molar-refractivity contribution in [3.8, 4) is 17.2 Å². The number of benzene rings is 2. The van der Waals surface area contributed by atoms with Crippen molar-refractivity contribution in [1.29, 1.82) is 0 Å². The quantitative estimate of drug-likeness (QED) is 0.782. The van der Waals surface area contributed by atoms with Gasteiger partial charge in [-0.2, -0.15) is 0 Å². The zero-order chi connectivity index (χ0) is 15.4. The van der Waals surface area contributed by atoms with E-state index in [0.717, 1.165) is 9.13 Å². The van der Waals surface area contributed by atoms with Gasteiger partial charge in [0.2, 0.25) is 5.75 Å². The molecular formula is C16H17IO4. The molecule has 0 saturated heterocycles. The molecule has 0 aliphatic rings. The highest BCUT2D eigenvalue weighted by Gasteiger charge is 2.22. The van der Waals surface area contributed by atoms with Gasteiger partial charge in [-0.25, -0.2) is 0 Å². The number of rotatable bonds is 5. The number of hydrogen-bond acceptors (Lipinski definition) is 4. The van der Waals surface area contributed by atoms with Crippen molar-refractivity contribution in [3.63, 3.8) is 0 Å². The van der Waals surface area contributed by atoms with Gasteiger partial charge in [0.25, 0.3) is 0 Å². The summed E-state index contributed by atoms with van der Waals surface area (Å²) < 4.78 is 17.1. The van der Waals surface area contributed by atoms with E-state index in [1.165, 1.54) is 0 Å². The second-order valence-corrected chi connectivity index (χ2v) is 5.63. The molecule has 2 rings (SSSR count). The van der Waals surface area contributed by atoms with Crippen molar-refractivity contribution in [2.24, 2.45) is 0 Å². The second kappa shape index (κ2) is 7.00. The van der Waals surface area contributed by atoms with Gasteiger partial charge in [0, 0.05) is 9.13 Å². The van der Waals surface area contributed by atoms with Crippen LogP contribution in [0.1, 0.15) is 17.2 Å². The van der Waals surface area contributed by atoms with Gasteiger partial charge in [-0.3, -0.25) is 0 Å². The molecule has 0 fully saturated rings. The fraction of sp³-hybridized carbons (Fsp3) is 0.250. The van der Waals surface area contributed by atoms with Crippen LogP contribution in [0.3, 0.4) is 0 Å². The molecule has 112 valence electrons. The summed E-state index contributed by atoms with van der Waals surface area (Å²) >= 11 is 2.21. The summed E-state index contributed by atoms with van der Waals surface area (Å²) in [7, 11) is 4.65. The van der Waals surface area contributed by atoms with Gasteiger partial charge < -0.3 is 19.3 Å². The highest BCUT2D eigenvalue weighted by Crippen LogP contribution is 2.43. The minimum atomic E-state index is -0.797. The molecule has 2 aromatic carbocycles. The smallest absolute Gasteiger partial charge is 0.203 e. The monoisotopic (exact) mass is 400 g/mol. The van der Waals surface area contributed by atoms with Gasteiger partial charge >= 0.3 is 0 Å². The SMILES string of the molecule is COc1ccc(C(O)c2cccc(I)c2)c(OC)c1OC. The molecule has 0 spiro atoms. The van der Waals surface area contributed by atoms with E-state index in [4.69, 9.17) is 14.2 Å². The lowest BCUT2D eigenvalue weighted by molar-refractivity contribution is 0.212. The average molecular weight is 400 g/mol. The van der Waals surface area contributed by atoms with Crippen LogP contribution in [0.4, 0.5) is 0 Å². The molecule has 0 radical (unpaired) electrons. The number of aliphatic hydroxyl groups is 1. The molecule has 1 atom stereocenters. The third-order valence-corrected chi connectivity index (χ3v) is 3.86. The van der Waals surface area contributed by atoms with Gasteiger partial charge in [0.15, 0.2) is 11.5 Å². The third kappa shape index (κ3) is 3.24. The van der Waals surface area contributed by atoms with Crippen LogP contribution < -0.4 is 14.2 Å². The zero-order valence-electron chi connectivity index (χ0n) is 12.1. The Morgan fingerprint density at radius 3 is 2.24 bits per heavy atom. The highest BCUT2D eigenvalue weighted by molar-refractivity contribution is 14.1. The molecule has 5 heteroatoms. The molecule has 0 aliphatic carbocycles. The van der Waals surface area contributed by atoms with E-state index in [0.29, 0.717) is 22.8 Å². The topological polar surface area (TPSA) is 47.9 Å². The van der Waals surface area contributed by atoms with E-state index in [2.05, 4.69) is 22.6 Å². The van der Waals surface area contributed by atoms with Gasteiger partial charge in [-0.1, -0.05) is 12.1 Å².